The summed E-state index contributed by atoms with van der Waals surface area (Å²) < 4.78 is 5.87. The van der Waals surface area contributed by atoms with Gasteiger partial charge in [-0.25, -0.2) is 0 Å². The van der Waals surface area contributed by atoms with Crippen LogP contribution in [0.2, 0.25) is 0 Å². The molecule has 0 aromatic heterocycles. The smallest absolute Gasteiger partial charge is 0.170 e. The second-order valence-corrected chi connectivity index (χ2v) is 6.68. The molecular weight excluding hydrogens is 260 g/mol. The van der Waals surface area contributed by atoms with Gasteiger partial charge in [0.05, 0.1) is 5.92 Å². The van der Waals surface area contributed by atoms with Crippen molar-refractivity contribution in [1.29, 1.82) is 0 Å². The molecule has 2 heteroatoms. The molecule has 2 aromatic carbocycles. The van der Waals surface area contributed by atoms with E-state index in [1.54, 1.807) is 0 Å². The Balaban J connectivity index is 1.63. The van der Waals surface area contributed by atoms with Gasteiger partial charge in [0, 0.05) is 12.0 Å². The van der Waals surface area contributed by atoms with Crippen molar-refractivity contribution in [3.05, 3.63) is 64.7 Å². The maximum absolute atomic E-state index is 12.7. The van der Waals surface area contributed by atoms with Gasteiger partial charge in [0.25, 0.3) is 0 Å². The largest absolute Gasteiger partial charge is 0.487 e. The zero-order chi connectivity index (χ0) is 14.6. The van der Waals surface area contributed by atoms with Crippen LogP contribution in [0.5, 0.6) is 5.75 Å². The lowest BCUT2D eigenvalue weighted by Crippen LogP contribution is -2.25. The van der Waals surface area contributed by atoms with Crippen molar-refractivity contribution in [3.63, 3.8) is 0 Å². The predicted octanol–water partition coefficient (Wildman–Crippen LogP) is 3.92. The molecular formula is C19H18O2. The Morgan fingerprint density at radius 2 is 1.95 bits per heavy atom. The third kappa shape index (κ3) is 1.98. The zero-order valence-corrected chi connectivity index (χ0v) is 12.3. The Kier molecular flexibility index (Phi) is 2.53. The summed E-state index contributed by atoms with van der Waals surface area (Å²) in [4.78, 5) is 12.7. The quantitative estimate of drug-likeness (QED) is 0.778. The van der Waals surface area contributed by atoms with E-state index in [1.807, 2.05) is 30.3 Å². The molecule has 2 aromatic rings. The molecule has 0 saturated heterocycles. The number of carbonyl (C=O) groups excluding carboxylic acids is 1. The monoisotopic (exact) mass is 278 g/mol. The van der Waals surface area contributed by atoms with Crippen LogP contribution in [-0.4, -0.2) is 11.4 Å². The number of benzene rings is 2. The van der Waals surface area contributed by atoms with Crippen LogP contribution in [0.3, 0.4) is 0 Å². The highest BCUT2D eigenvalue weighted by Gasteiger charge is 2.34. The molecule has 1 aliphatic heterocycles. The molecule has 4 rings (SSSR count). The van der Waals surface area contributed by atoms with Crippen LogP contribution in [0.1, 0.15) is 46.8 Å². The molecule has 0 bridgehead atoms. The molecule has 21 heavy (non-hydrogen) atoms. The standard InChI is InChI=1S/C19H18O2/c1-19(2)11-14-9-13(7-8-17(14)21-19)18(20)16-10-12-5-3-4-6-15(12)16/h3-9,16H,10-11H2,1-2H3. The maximum Gasteiger partial charge on any atom is 0.170 e. The van der Waals surface area contributed by atoms with Gasteiger partial charge in [0.1, 0.15) is 11.4 Å². The van der Waals surface area contributed by atoms with E-state index in [0.29, 0.717) is 0 Å². The fourth-order valence-corrected chi connectivity index (χ4v) is 3.46. The van der Waals surface area contributed by atoms with Crippen LogP contribution in [0, 0.1) is 0 Å². The van der Waals surface area contributed by atoms with Crippen molar-refractivity contribution in [2.24, 2.45) is 0 Å². The molecule has 1 atom stereocenters. The minimum Gasteiger partial charge on any atom is -0.487 e. The molecule has 0 radical (unpaired) electrons. The van der Waals surface area contributed by atoms with Crippen molar-refractivity contribution in [2.75, 3.05) is 0 Å². The van der Waals surface area contributed by atoms with Crippen molar-refractivity contribution in [2.45, 2.75) is 38.2 Å². The summed E-state index contributed by atoms with van der Waals surface area (Å²) in [6, 6.07) is 14.1. The van der Waals surface area contributed by atoms with Crippen LogP contribution < -0.4 is 4.74 Å². The fourth-order valence-electron chi connectivity index (χ4n) is 3.46. The van der Waals surface area contributed by atoms with E-state index in [0.717, 1.165) is 29.7 Å². The van der Waals surface area contributed by atoms with E-state index in [1.165, 1.54) is 11.1 Å². The van der Waals surface area contributed by atoms with E-state index >= 15 is 0 Å². The van der Waals surface area contributed by atoms with Crippen LogP contribution in [-0.2, 0) is 12.8 Å². The number of ether oxygens (including phenoxy) is 1. The number of hydrogen-bond donors (Lipinski definition) is 0. The van der Waals surface area contributed by atoms with E-state index in [9.17, 15) is 4.79 Å². The summed E-state index contributed by atoms with van der Waals surface area (Å²) in [5, 5.41) is 0. The average Bonchev–Trinajstić information content (AvgIpc) is 2.72. The topological polar surface area (TPSA) is 26.3 Å². The van der Waals surface area contributed by atoms with E-state index < -0.39 is 0 Å². The third-order valence-electron chi connectivity index (χ3n) is 4.52. The van der Waals surface area contributed by atoms with Crippen molar-refractivity contribution in [1.82, 2.24) is 0 Å². The van der Waals surface area contributed by atoms with Gasteiger partial charge in [-0.3, -0.25) is 4.79 Å². The Labute approximate surface area is 124 Å². The Hall–Kier alpha value is -2.09. The number of hydrogen-bond acceptors (Lipinski definition) is 2. The molecule has 0 amide bonds. The van der Waals surface area contributed by atoms with Gasteiger partial charge in [-0.1, -0.05) is 24.3 Å². The lowest BCUT2D eigenvalue weighted by molar-refractivity contribution is 0.0949. The minimum absolute atomic E-state index is 0.0366. The highest BCUT2D eigenvalue weighted by Crippen LogP contribution is 2.39. The van der Waals surface area contributed by atoms with Crippen molar-refractivity contribution < 1.29 is 9.53 Å². The van der Waals surface area contributed by atoms with Crippen molar-refractivity contribution in [3.8, 4) is 5.75 Å². The second kappa shape index (κ2) is 4.20. The lowest BCUT2D eigenvalue weighted by atomic mass is 9.73. The molecule has 2 nitrogen and oxygen atoms in total. The van der Waals surface area contributed by atoms with Gasteiger partial charge in [-0.15, -0.1) is 0 Å². The maximum atomic E-state index is 12.7. The number of fused-ring (bicyclic) bond motifs is 2. The Bertz CT molecular complexity index is 743. The van der Waals surface area contributed by atoms with Gasteiger partial charge < -0.3 is 4.74 Å². The molecule has 106 valence electrons. The third-order valence-corrected chi connectivity index (χ3v) is 4.52. The molecule has 1 heterocycles. The number of carbonyl (C=O) groups is 1. The van der Waals surface area contributed by atoms with Crippen LogP contribution in [0.4, 0.5) is 0 Å². The first-order valence-electron chi connectivity index (χ1n) is 7.47. The first-order valence-corrected chi connectivity index (χ1v) is 7.47. The van der Waals surface area contributed by atoms with Gasteiger partial charge in [0.2, 0.25) is 0 Å². The van der Waals surface area contributed by atoms with E-state index in [2.05, 4.69) is 26.0 Å². The molecule has 1 unspecified atom stereocenters. The molecule has 0 spiro atoms. The summed E-state index contributed by atoms with van der Waals surface area (Å²) in [6.45, 7) is 4.16. The first-order chi connectivity index (χ1) is 10.0. The molecule has 1 aliphatic carbocycles. The SMILES string of the molecule is CC1(C)Cc2cc(C(=O)C3Cc4ccccc43)ccc2O1. The summed E-state index contributed by atoms with van der Waals surface area (Å²) in [5.41, 5.74) is 4.31. The van der Waals surface area contributed by atoms with E-state index in [-0.39, 0.29) is 17.3 Å². The molecule has 0 N–H and O–H groups in total. The Morgan fingerprint density at radius 3 is 2.76 bits per heavy atom. The predicted molar refractivity (Wildman–Crippen MR) is 82.1 cm³/mol. The van der Waals surface area contributed by atoms with Gasteiger partial charge in [-0.05, 0) is 55.2 Å². The number of Topliss-reactive ketones (excluding diaryl/α,β-unsaturated/α-hetero) is 1. The highest BCUT2D eigenvalue weighted by molar-refractivity contribution is 6.03. The van der Waals surface area contributed by atoms with E-state index in [4.69, 9.17) is 4.74 Å². The molecule has 0 saturated carbocycles. The summed E-state index contributed by atoms with van der Waals surface area (Å²) in [7, 11) is 0. The Morgan fingerprint density at radius 1 is 1.14 bits per heavy atom. The minimum atomic E-state index is -0.160. The normalized spacial score (nSPS) is 21.0. The van der Waals surface area contributed by atoms with Gasteiger partial charge in [-0.2, -0.15) is 0 Å². The number of rotatable bonds is 2. The average molecular weight is 278 g/mol. The lowest BCUT2D eigenvalue weighted by Gasteiger charge is -2.28. The zero-order valence-electron chi connectivity index (χ0n) is 12.3. The summed E-state index contributed by atoms with van der Waals surface area (Å²) in [6.07, 6.45) is 1.73. The van der Waals surface area contributed by atoms with Crippen LogP contribution in [0.15, 0.2) is 42.5 Å². The van der Waals surface area contributed by atoms with Gasteiger partial charge >= 0.3 is 0 Å². The molecule has 0 fully saturated rings. The first kappa shape index (κ1) is 12.6. The van der Waals surface area contributed by atoms with Crippen LogP contribution in [0.25, 0.3) is 0 Å². The van der Waals surface area contributed by atoms with Crippen LogP contribution >= 0.6 is 0 Å². The van der Waals surface area contributed by atoms with Crippen molar-refractivity contribution >= 4 is 5.78 Å². The van der Waals surface area contributed by atoms with Gasteiger partial charge in [0.15, 0.2) is 5.78 Å². The summed E-state index contributed by atoms with van der Waals surface area (Å²) >= 11 is 0. The summed E-state index contributed by atoms with van der Waals surface area (Å²) in [5.74, 6) is 1.20. The fraction of sp³-hybridized carbons (Fsp3) is 0.316. The number of ketones is 1. The second-order valence-electron chi connectivity index (χ2n) is 6.68. The highest BCUT2D eigenvalue weighted by atomic mass is 16.5. The molecule has 2 aliphatic rings.